The maximum absolute atomic E-state index is 11.8. The first-order valence-electron chi connectivity index (χ1n) is 8.57. The number of hydrogen-bond donors (Lipinski definition) is 1. The van der Waals surface area contributed by atoms with Crippen molar-refractivity contribution < 1.29 is 38.5 Å². The summed E-state index contributed by atoms with van der Waals surface area (Å²) in [5, 5.41) is 9.51. The number of aliphatic hydroxyl groups is 1. The Morgan fingerprint density at radius 1 is 0.840 bits per heavy atom. The fourth-order valence-electron chi connectivity index (χ4n) is 2.00. The quantitative estimate of drug-likeness (QED) is 0.297. The molecule has 0 rings (SSSR count). The van der Waals surface area contributed by atoms with Gasteiger partial charge in [-0.3, -0.25) is 19.2 Å². The molecular weight excluding hydrogens is 332 g/mol. The number of carbonyl (C=O) groups excluding carboxylic acids is 4. The summed E-state index contributed by atoms with van der Waals surface area (Å²) >= 11 is 0. The molecule has 0 amide bonds. The third kappa shape index (κ3) is 9.19. The molecule has 3 atom stereocenters. The average Bonchev–Trinajstić information content (AvgIpc) is 2.56. The van der Waals surface area contributed by atoms with Crippen molar-refractivity contribution in [2.24, 2.45) is 0 Å². The summed E-state index contributed by atoms with van der Waals surface area (Å²) in [5.74, 6) is -1.90. The fraction of sp³-hybridized carbons (Fsp3) is 0.765. The lowest BCUT2D eigenvalue weighted by molar-refractivity contribution is -0.188. The van der Waals surface area contributed by atoms with Gasteiger partial charge >= 0.3 is 17.9 Å². The van der Waals surface area contributed by atoms with Gasteiger partial charge in [0.05, 0.1) is 6.61 Å². The van der Waals surface area contributed by atoms with Gasteiger partial charge in [0.15, 0.2) is 24.6 Å². The van der Waals surface area contributed by atoms with Gasteiger partial charge in [-0.2, -0.15) is 0 Å². The molecule has 0 aliphatic carbocycles. The van der Waals surface area contributed by atoms with E-state index in [9.17, 15) is 24.3 Å². The molecule has 0 aliphatic rings. The standard InChI is InChI=1S/C17H28O8/c1-4-7-14(20)23-12(10-18)17(25-16(22)9-6-3)13(11-19)24-15(21)8-5-2/h10,12-13,17,19H,4-9,11H2,1-3H3/t12-,13+,17-/m0/s1. The second-order valence-corrected chi connectivity index (χ2v) is 5.51. The van der Waals surface area contributed by atoms with E-state index >= 15 is 0 Å². The minimum atomic E-state index is -1.47. The summed E-state index contributed by atoms with van der Waals surface area (Å²) < 4.78 is 15.3. The van der Waals surface area contributed by atoms with Crippen molar-refractivity contribution in [3.05, 3.63) is 0 Å². The van der Waals surface area contributed by atoms with E-state index in [-0.39, 0.29) is 19.3 Å². The SMILES string of the molecule is CCCC(=O)O[C@@H]([C@H](C=O)OC(=O)CCC)[C@@H](CO)OC(=O)CCC. The van der Waals surface area contributed by atoms with Gasteiger partial charge in [0.2, 0.25) is 0 Å². The van der Waals surface area contributed by atoms with Gasteiger partial charge in [-0.25, -0.2) is 0 Å². The summed E-state index contributed by atoms with van der Waals surface area (Å²) in [6.07, 6.45) is -2.06. The van der Waals surface area contributed by atoms with E-state index < -0.39 is 42.8 Å². The molecule has 0 aliphatic heterocycles. The first-order valence-corrected chi connectivity index (χ1v) is 8.57. The number of carbonyl (C=O) groups is 4. The Kier molecular flexibility index (Phi) is 12.3. The summed E-state index contributed by atoms with van der Waals surface area (Å²) in [7, 11) is 0. The smallest absolute Gasteiger partial charge is 0.306 e. The van der Waals surface area contributed by atoms with Crippen LogP contribution in [0.15, 0.2) is 0 Å². The van der Waals surface area contributed by atoms with Crippen LogP contribution in [0.3, 0.4) is 0 Å². The Morgan fingerprint density at radius 2 is 1.28 bits per heavy atom. The van der Waals surface area contributed by atoms with Crippen LogP contribution in [0.25, 0.3) is 0 Å². The molecule has 8 nitrogen and oxygen atoms in total. The number of ether oxygens (including phenoxy) is 3. The molecule has 1 N–H and O–H groups in total. The van der Waals surface area contributed by atoms with E-state index in [2.05, 4.69) is 0 Å². The largest absolute Gasteiger partial charge is 0.456 e. The van der Waals surface area contributed by atoms with Crippen LogP contribution in [0.4, 0.5) is 0 Å². The third-order valence-corrected chi connectivity index (χ3v) is 3.18. The zero-order chi connectivity index (χ0) is 19.2. The van der Waals surface area contributed by atoms with Crippen LogP contribution in [0.2, 0.25) is 0 Å². The van der Waals surface area contributed by atoms with Crippen molar-refractivity contribution in [3.8, 4) is 0 Å². The van der Waals surface area contributed by atoms with Gasteiger partial charge in [0.1, 0.15) is 0 Å². The van der Waals surface area contributed by atoms with E-state index in [0.29, 0.717) is 25.5 Å². The molecule has 0 aromatic carbocycles. The van der Waals surface area contributed by atoms with Crippen molar-refractivity contribution in [2.45, 2.75) is 77.6 Å². The topological polar surface area (TPSA) is 116 Å². The molecule has 8 heteroatoms. The monoisotopic (exact) mass is 360 g/mol. The molecule has 0 unspecified atom stereocenters. The third-order valence-electron chi connectivity index (χ3n) is 3.18. The van der Waals surface area contributed by atoms with Crippen LogP contribution < -0.4 is 0 Å². The second-order valence-electron chi connectivity index (χ2n) is 5.51. The summed E-state index contributed by atoms with van der Waals surface area (Å²) in [4.78, 5) is 46.5. The Bertz CT molecular complexity index is 434. The van der Waals surface area contributed by atoms with Gasteiger partial charge in [0.25, 0.3) is 0 Å². The lowest BCUT2D eigenvalue weighted by atomic mass is 10.1. The van der Waals surface area contributed by atoms with Crippen LogP contribution in [0.1, 0.15) is 59.3 Å². The molecule has 0 saturated heterocycles. The molecule has 0 radical (unpaired) electrons. The van der Waals surface area contributed by atoms with E-state index in [1.54, 1.807) is 20.8 Å². The highest BCUT2D eigenvalue weighted by Crippen LogP contribution is 2.15. The molecule has 0 aromatic heterocycles. The molecule has 0 saturated carbocycles. The van der Waals surface area contributed by atoms with E-state index in [0.717, 1.165) is 0 Å². The molecule has 144 valence electrons. The first kappa shape index (κ1) is 23.0. The van der Waals surface area contributed by atoms with Crippen LogP contribution in [-0.4, -0.2) is 54.2 Å². The summed E-state index contributed by atoms with van der Waals surface area (Å²) in [6, 6.07) is 0. The minimum Gasteiger partial charge on any atom is -0.456 e. The highest BCUT2D eigenvalue weighted by Gasteiger charge is 2.37. The fourth-order valence-corrected chi connectivity index (χ4v) is 2.00. The van der Waals surface area contributed by atoms with Gasteiger partial charge < -0.3 is 19.3 Å². The molecule has 25 heavy (non-hydrogen) atoms. The molecule has 0 bridgehead atoms. The van der Waals surface area contributed by atoms with Crippen LogP contribution in [-0.2, 0) is 33.4 Å². The van der Waals surface area contributed by atoms with E-state index in [1.165, 1.54) is 0 Å². The summed E-state index contributed by atoms with van der Waals surface area (Å²) in [5.41, 5.74) is 0. The normalized spacial score (nSPS) is 14.1. The zero-order valence-corrected chi connectivity index (χ0v) is 15.1. The Hall–Kier alpha value is -1.96. The van der Waals surface area contributed by atoms with E-state index in [4.69, 9.17) is 14.2 Å². The van der Waals surface area contributed by atoms with Gasteiger partial charge in [-0.1, -0.05) is 20.8 Å². The minimum absolute atomic E-state index is 0.0754. The molecular formula is C17H28O8. The Morgan fingerprint density at radius 3 is 1.68 bits per heavy atom. The highest BCUT2D eigenvalue weighted by molar-refractivity contribution is 5.74. The van der Waals surface area contributed by atoms with Gasteiger partial charge in [-0.15, -0.1) is 0 Å². The van der Waals surface area contributed by atoms with Crippen molar-refractivity contribution in [1.29, 1.82) is 0 Å². The zero-order valence-electron chi connectivity index (χ0n) is 15.1. The van der Waals surface area contributed by atoms with E-state index in [1.807, 2.05) is 0 Å². The molecule has 0 heterocycles. The maximum Gasteiger partial charge on any atom is 0.306 e. The lowest BCUT2D eigenvalue weighted by Crippen LogP contribution is -2.48. The van der Waals surface area contributed by atoms with Crippen molar-refractivity contribution in [2.75, 3.05) is 6.61 Å². The average molecular weight is 360 g/mol. The number of aliphatic hydroxyl groups excluding tert-OH is 1. The van der Waals surface area contributed by atoms with Crippen LogP contribution in [0, 0.1) is 0 Å². The maximum atomic E-state index is 11.8. The lowest BCUT2D eigenvalue weighted by Gasteiger charge is -2.29. The highest BCUT2D eigenvalue weighted by atomic mass is 16.6. The molecule has 0 spiro atoms. The molecule has 0 aromatic rings. The van der Waals surface area contributed by atoms with Crippen LogP contribution >= 0.6 is 0 Å². The van der Waals surface area contributed by atoms with Gasteiger partial charge in [0, 0.05) is 19.3 Å². The van der Waals surface area contributed by atoms with Gasteiger partial charge in [-0.05, 0) is 19.3 Å². The number of rotatable bonds is 13. The number of esters is 3. The van der Waals surface area contributed by atoms with Crippen LogP contribution in [0.5, 0.6) is 0 Å². The van der Waals surface area contributed by atoms with Crippen molar-refractivity contribution >= 4 is 24.2 Å². The predicted octanol–water partition coefficient (Wildman–Crippen LogP) is 1.31. The number of aldehydes is 1. The van der Waals surface area contributed by atoms with Crippen molar-refractivity contribution in [3.63, 3.8) is 0 Å². The first-order chi connectivity index (χ1) is 11.9. The summed E-state index contributed by atoms with van der Waals surface area (Å²) in [6.45, 7) is 4.61. The Labute approximate surface area is 147 Å². The number of hydrogen-bond acceptors (Lipinski definition) is 8. The van der Waals surface area contributed by atoms with Crippen molar-refractivity contribution in [1.82, 2.24) is 0 Å². The predicted molar refractivity (Wildman–Crippen MR) is 87.5 cm³/mol. The molecule has 0 fully saturated rings. The Balaban J connectivity index is 5.31. The second kappa shape index (κ2) is 13.3.